The van der Waals surface area contributed by atoms with Crippen LogP contribution in [0.25, 0.3) is 0 Å². The summed E-state index contributed by atoms with van der Waals surface area (Å²) in [6, 6.07) is 0.352. The quantitative estimate of drug-likeness (QED) is 0.668. The SMILES string of the molecule is CC(CCS(C)=O)NCCCNC(=O)OC(C)(C)C. The Balaban J connectivity index is 3.49. The molecule has 0 rings (SSSR count). The molecule has 0 bridgehead atoms. The number of nitrogens with one attached hydrogen (secondary N) is 2. The molecule has 0 spiro atoms. The van der Waals surface area contributed by atoms with E-state index in [0.717, 1.165) is 25.1 Å². The predicted molar refractivity (Wildman–Crippen MR) is 79.9 cm³/mol. The van der Waals surface area contributed by atoms with Crippen LogP contribution in [0.5, 0.6) is 0 Å². The van der Waals surface area contributed by atoms with Gasteiger partial charge in [-0.1, -0.05) is 0 Å². The summed E-state index contributed by atoms with van der Waals surface area (Å²) in [6.45, 7) is 9.02. The molecular weight excluding hydrogens is 264 g/mol. The second-order valence-electron chi connectivity index (χ2n) is 5.70. The zero-order valence-electron chi connectivity index (χ0n) is 12.7. The Labute approximate surface area is 119 Å². The molecule has 0 saturated carbocycles. The van der Waals surface area contributed by atoms with E-state index in [0.29, 0.717) is 12.6 Å². The Hall–Kier alpha value is -0.620. The third-order valence-corrected chi connectivity index (χ3v) is 3.16. The van der Waals surface area contributed by atoms with Crippen molar-refractivity contribution in [1.29, 1.82) is 0 Å². The molecule has 2 atom stereocenters. The molecule has 2 N–H and O–H groups in total. The van der Waals surface area contributed by atoms with Gasteiger partial charge in [-0.15, -0.1) is 0 Å². The largest absolute Gasteiger partial charge is 0.444 e. The fraction of sp³-hybridized carbons (Fsp3) is 0.923. The van der Waals surface area contributed by atoms with Crippen LogP contribution in [-0.4, -0.2) is 47.0 Å². The van der Waals surface area contributed by atoms with Crippen molar-refractivity contribution in [2.24, 2.45) is 0 Å². The number of alkyl carbamates (subject to hydrolysis) is 1. The van der Waals surface area contributed by atoms with Crippen LogP contribution in [0.1, 0.15) is 40.5 Å². The van der Waals surface area contributed by atoms with Crippen molar-refractivity contribution in [1.82, 2.24) is 10.6 Å². The fourth-order valence-corrected chi connectivity index (χ4v) is 2.07. The average Bonchev–Trinajstić information content (AvgIpc) is 2.23. The third kappa shape index (κ3) is 13.6. The molecule has 0 aromatic heterocycles. The van der Waals surface area contributed by atoms with Crippen LogP contribution in [0.2, 0.25) is 0 Å². The van der Waals surface area contributed by atoms with E-state index < -0.39 is 16.4 Å². The van der Waals surface area contributed by atoms with Crippen molar-refractivity contribution in [2.45, 2.75) is 52.2 Å². The predicted octanol–water partition coefficient (Wildman–Crippen LogP) is 1.65. The molecule has 0 radical (unpaired) electrons. The normalized spacial score (nSPS) is 14.8. The summed E-state index contributed by atoms with van der Waals surface area (Å²) in [6.07, 6.45) is 3.10. The minimum absolute atomic E-state index is 0.352. The highest BCUT2D eigenvalue weighted by Gasteiger charge is 2.15. The maximum Gasteiger partial charge on any atom is 0.407 e. The molecule has 2 unspecified atom stereocenters. The van der Waals surface area contributed by atoms with E-state index in [-0.39, 0.29) is 6.09 Å². The third-order valence-electron chi connectivity index (χ3n) is 2.35. The Bertz CT molecular complexity index is 290. The zero-order valence-corrected chi connectivity index (χ0v) is 13.6. The van der Waals surface area contributed by atoms with Gasteiger partial charge in [0, 0.05) is 35.4 Å². The van der Waals surface area contributed by atoms with Crippen molar-refractivity contribution in [3.63, 3.8) is 0 Å². The number of hydrogen-bond donors (Lipinski definition) is 2. The lowest BCUT2D eigenvalue weighted by molar-refractivity contribution is 0.0527. The molecule has 19 heavy (non-hydrogen) atoms. The van der Waals surface area contributed by atoms with Crippen LogP contribution in [-0.2, 0) is 15.5 Å². The molecule has 0 heterocycles. The van der Waals surface area contributed by atoms with Crippen LogP contribution in [0.3, 0.4) is 0 Å². The molecule has 0 fully saturated rings. The van der Waals surface area contributed by atoms with Crippen LogP contribution in [0, 0.1) is 0 Å². The molecule has 5 nitrogen and oxygen atoms in total. The van der Waals surface area contributed by atoms with Gasteiger partial charge in [-0.05, 0) is 47.1 Å². The number of hydrogen-bond acceptors (Lipinski definition) is 4. The molecule has 0 aliphatic heterocycles. The van der Waals surface area contributed by atoms with Crippen molar-refractivity contribution in [3.05, 3.63) is 0 Å². The van der Waals surface area contributed by atoms with E-state index in [1.54, 1.807) is 6.26 Å². The molecule has 6 heteroatoms. The minimum atomic E-state index is -0.725. The molecule has 0 aromatic rings. The highest BCUT2D eigenvalue weighted by molar-refractivity contribution is 7.84. The lowest BCUT2D eigenvalue weighted by Crippen LogP contribution is -2.35. The van der Waals surface area contributed by atoms with E-state index in [1.807, 2.05) is 20.8 Å². The van der Waals surface area contributed by atoms with Gasteiger partial charge >= 0.3 is 6.09 Å². The van der Waals surface area contributed by atoms with Gasteiger partial charge in [-0.3, -0.25) is 4.21 Å². The smallest absolute Gasteiger partial charge is 0.407 e. The van der Waals surface area contributed by atoms with Gasteiger partial charge < -0.3 is 15.4 Å². The average molecular weight is 292 g/mol. The number of ether oxygens (including phenoxy) is 1. The Morgan fingerprint density at radius 2 is 1.95 bits per heavy atom. The molecular formula is C13H28N2O3S. The van der Waals surface area contributed by atoms with Gasteiger partial charge in [0.05, 0.1) is 0 Å². The maximum atomic E-state index is 11.3. The summed E-state index contributed by atoms with van der Waals surface area (Å²) in [7, 11) is -0.725. The molecule has 1 amide bonds. The van der Waals surface area contributed by atoms with E-state index in [9.17, 15) is 9.00 Å². The highest BCUT2D eigenvalue weighted by Crippen LogP contribution is 2.06. The number of amides is 1. The fourth-order valence-electron chi connectivity index (χ4n) is 1.39. The summed E-state index contributed by atoms with van der Waals surface area (Å²) in [5, 5.41) is 6.05. The summed E-state index contributed by atoms with van der Waals surface area (Å²) in [5.41, 5.74) is -0.452. The van der Waals surface area contributed by atoms with Crippen LogP contribution in [0.15, 0.2) is 0 Å². The first-order valence-electron chi connectivity index (χ1n) is 6.71. The standard InChI is InChI=1S/C13H28N2O3S/c1-11(7-10-19(5)17)14-8-6-9-15-12(16)18-13(2,3)4/h11,14H,6-10H2,1-5H3,(H,15,16). The monoisotopic (exact) mass is 292 g/mol. The number of carbonyl (C=O) groups excluding carboxylic acids is 1. The Morgan fingerprint density at radius 1 is 1.32 bits per heavy atom. The van der Waals surface area contributed by atoms with E-state index in [1.165, 1.54) is 0 Å². The Morgan fingerprint density at radius 3 is 2.47 bits per heavy atom. The first-order chi connectivity index (χ1) is 8.70. The Kier molecular flexibility index (Phi) is 9.01. The van der Waals surface area contributed by atoms with Gasteiger partial charge in [0.15, 0.2) is 0 Å². The molecule has 114 valence electrons. The summed E-state index contributed by atoms with van der Waals surface area (Å²) in [5.74, 6) is 0.727. The highest BCUT2D eigenvalue weighted by atomic mass is 32.2. The second kappa shape index (κ2) is 9.31. The van der Waals surface area contributed by atoms with E-state index >= 15 is 0 Å². The molecule has 0 aliphatic rings. The summed E-state index contributed by atoms with van der Waals surface area (Å²) >= 11 is 0. The van der Waals surface area contributed by atoms with Crippen molar-refractivity contribution in [2.75, 3.05) is 25.1 Å². The van der Waals surface area contributed by atoms with Gasteiger partial charge in [0.2, 0.25) is 0 Å². The van der Waals surface area contributed by atoms with Gasteiger partial charge in [0.25, 0.3) is 0 Å². The van der Waals surface area contributed by atoms with Crippen LogP contribution in [0.4, 0.5) is 4.79 Å². The van der Waals surface area contributed by atoms with E-state index in [2.05, 4.69) is 17.6 Å². The minimum Gasteiger partial charge on any atom is -0.444 e. The first kappa shape index (κ1) is 18.4. The van der Waals surface area contributed by atoms with Crippen LogP contribution >= 0.6 is 0 Å². The van der Waals surface area contributed by atoms with Gasteiger partial charge in [-0.25, -0.2) is 4.79 Å². The zero-order chi connectivity index (χ0) is 14.9. The second-order valence-corrected chi connectivity index (χ2v) is 7.26. The van der Waals surface area contributed by atoms with Crippen molar-refractivity contribution in [3.8, 4) is 0 Å². The lowest BCUT2D eigenvalue weighted by atomic mass is 10.2. The summed E-state index contributed by atoms with van der Waals surface area (Å²) in [4.78, 5) is 11.3. The molecule has 0 saturated heterocycles. The molecule has 0 aliphatic carbocycles. The van der Waals surface area contributed by atoms with Crippen LogP contribution < -0.4 is 10.6 Å². The topological polar surface area (TPSA) is 67.4 Å². The van der Waals surface area contributed by atoms with Crippen molar-refractivity contribution < 1.29 is 13.7 Å². The number of carbonyl (C=O) groups is 1. The van der Waals surface area contributed by atoms with Gasteiger partial charge in [0.1, 0.15) is 5.60 Å². The van der Waals surface area contributed by atoms with E-state index in [4.69, 9.17) is 4.74 Å². The summed E-state index contributed by atoms with van der Waals surface area (Å²) < 4.78 is 16.1. The maximum absolute atomic E-state index is 11.3. The lowest BCUT2D eigenvalue weighted by Gasteiger charge is -2.19. The molecule has 0 aromatic carbocycles. The number of rotatable bonds is 8. The van der Waals surface area contributed by atoms with Gasteiger partial charge in [-0.2, -0.15) is 0 Å². The van der Waals surface area contributed by atoms with Crippen molar-refractivity contribution >= 4 is 16.9 Å². The first-order valence-corrected chi connectivity index (χ1v) is 8.43.